The molecule has 0 N–H and O–H groups in total. The number of benzene rings is 1. The molecule has 0 saturated heterocycles. The molecule has 0 saturated carbocycles. The lowest BCUT2D eigenvalue weighted by molar-refractivity contribution is 0.278. The van der Waals surface area contributed by atoms with Crippen molar-refractivity contribution in [2.75, 3.05) is 6.61 Å². The molecular weight excluding hydrogens is 268 g/mol. The summed E-state index contributed by atoms with van der Waals surface area (Å²) >= 11 is 0. The Morgan fingerprint density at radius 2 is 1.86 bits per heavy atom. The summed E-state index contributed by atoms with van der Waals surface area (Å²) in [6.45, 7) is 4.53. The first-order chi connectivity index (χ1) is 10.3. The first-order valence-corrected chi connectivity index (χ1v) is 6.61. The predicted molar refractivity (Wildman–Crippen MR) is 77.2 cm³/mol. The monoisotopic (exact) mass is 284 g/mol. The Balaban J connectivity index is 2.25. The van der Waals surface area contributed by atoms with Crippen LogP contribution < -0.4 is 14.2 Å². The highest BCUT2D eigenvalue weighted by atomic mass is 16.5. The van der Waals surface area contributed by atoms with Crippen LogP contribution in [0.2, 0.25) is 0 Å². The molecule has 0 amide bonds. The Morgan fingerprint density at radius 1 is 1.10 bits per heavy atom. The zero-order chi connectivity index (χ0) is 15.1. The summed E-state index contributed by atoms with van der Waals surface area (Å²) in [5, 5.41) is 8.73. The van der Waals surface area contributed by atoms with Crippen molar-refractivity contribution in [1.29, 1.82) is 5.26 Å². The summed E-state index contributed by atoms with van der Waals surface area (Å²) in [7, 11) is 0. The summed E-state index contributed by atoms with van der Waals surface area (Å²) in [5.74, 6) is 1.77. The molecule has 0 unspecified atom stereocenters. The van der Waals surface area contributed by atoms with Crippen molar-refractivity contribution in [3.05, 3.63) is 47.8 Å². The first kappa shape index (κ1) is 14.7. The van der Waals surface area contributed by atoms with Crippen molar-refractivity contribution in [3.8, 4) is 23.5 Å². The van der Waals surface area contributed by atoms with Gasteiger partial charge in [-0.2, -0.15) is 0 Å². The maximum absolute atomic E-state index is 8.73. The lowest BCUT2D eigenvalue weighted by Crippen LogP contribution is -2.04. The fourth-order valence-electron chi connectivity index (χ4n) is 1.90. The second-order valence-electron chi connectivity index (χ2n) is 4.23. The van der Waals surface area contributed by atoms with E-state index in [1.165, 1.54) is 0 Å². The number of aryl methyl sites for hydroxylation is 1. The molecule has 2 aromatic rings. The van der Waals surface area contributed by atoms with E-state index in [1.807, 2.05) is 32.0 Å². The molecule has 5 nitrogen and oxygen atoms in total. The smallest absolute Gasteiger partial charge is 0.292 e. The Morgan fingerprint density at radius 3 is 2.57 bits per heavy atom. The van der Waals surface area contributed by atoms with Crippen LogP contribution in [-0.2, 0) is 6.61 Å². The quantitative estimate of drug-likeness (QED) is 0.762. The van der Waals surface area contributed by atoms with Gasteiger partial charge in [0.15, 0.2) is 5.75 Å². The molecule has 1 heterocycles. The van der Waals surface area contributed by atoms with Crippen LogP contribution in [-0.4, -0.2) is 11.6 Å². The first-order valence-electron chi connectivity index (χ1n) is 6.61. The van der Waals surface area contributed by atoms with Crippen molar-refractivity contribution in [2.24, 2.45) is 0 Å². The molecule has 5 heteroatoms. The van der Waals surface area contributed by atoms with Crippen molar-refractivity contribution in [3.63, 3.8) is 0 Å². The Hall–Kier alpha value is -2.74. The van der Waals surface area contributed by atoms with Crippen LogP contribution in [0.15, 0.2) is 36.5 Å². The summed E-state index contributed by atoms with van der Waals surface area (Å²) in [4.78, 5) is 4.17. The van der Waals surface area contributed by atoms with E-state index >= 15 is 0 Å². The lowest BCUT2D eigenvalue weighted by Gasteiger charge is -2.14. The average molecular weight is 284 g/mol. The maximum atomic E-state index is 8.73. The van der Waals surface area contributed by atoms with E-state index in [9.17, 15) is 0 Å². The zero-order valence-corrected chi connectivity index (χ0v) is 12.0. The number of hydrogen-bond donors (Lipinski definition) is 0. The van der Waals surface area contributed by atoms with Gasteiger partial charge in [0.2, 0.25) is 0 Å². The Labute approximate surface area is 123 Å². The lowest BCUT2D eigenvalue weighted by atomic mass is 10.2. The highest BCUT2D eigenvalue weighted by molar-refractivity contribution is 5.45. The van der Waals surface area contributed by atoms with Gasteiger partial charge in [-0.15, -0.1) is 5.26 Å². The third-order valence-electron chi connectivity index (χ3n) is 2.88. The second kappa shape index (κ2) is 7.15. The van der Waals surface area contributed by atoms with Crippen LogP contribution in [0.3, 0.4) is 0 Å². The fourth-order valence-corrected chi connectivity index (χ4v) is 1.90. The van der Waals surface area contributed by atoms with Crippen LogP contribution in [0.1, 0.15) is 18.2 Å². The third kappa shape index (κ3) is 3.63. The Kier molecular flexibility index (Phi) is 4.99. The molecule has 2 rings (SSSR count). The van der Waals surface area contributed by atoms with Gasteiger partial charge in [0.25, 0.3) is 6.26 Å². The van der Waals surface area contributed by atoms with Crippen LogP contribution in [0, 0.1) is 18.4 Å². The minimum atomic E-state index is 0.236. The summed E-state index contributed by atoms with van der Waals surface area (Å²) < 4.78 is 16.3. The van der Waals surface area contributed by atoms with Crippen LogP contribution in [0.5, 0.6) is 17.2 Å². The number of ether oxygens (including phenoxy) is 3. The minimum absolute atomic E-state index is 0.236. The van der Waals surface area contributed by atoms with Gasteiger partial charge in [-0.1, -0.05) is 6.07 Å². The van der Waals surface area contributed by atoms with Gasteiger partial charge in [-0.25, -0.2) is 0 Å². The van der Waals surface area contributed by atoms with E-state index in [-0.39, 0.29) is 6.61 Å². The van der Waals surface area contributed by atoms with Crippen molar-refractivity contribution >= 4 is 0 Å². The topological polar surface area (TPSA) is 64.4 Å². The summed E-state index contributed by atoms with van der Waals surface area (Å²) in [5.41, 5.74) is 1.50. The van der Waals surface area contributed by atoms with Gasteiger partial charge in [0, 0.05) is 6.20 Å². The summed E-state index contributed by atoms with van der Waals surface area (Å²) in [6.07, 6.45) is 3.39. The number of pyridine rings is 1. The van der Waals surface area contributed by atoms with Crippen molar-refractivity contribution in [1.82, 2.24) is 4.98 Å². The van der Waals surface area contributed by atoms with Crippen LogP contribution >= 0.6 is 0 Å². The van der Waals surface area contributed by atoms with Gasteiger partial charge in [0.05, 0.1) is 17.9 Å². The molecular formula is C16H16N2O3. The minimum Gasteiger partial charge on any atom is -0.493 e. The average Bonchev–Trinajstić information content (AvgIpc) is 2.49. The SMILES string of the molecule is CCOc1cccc(OC#N)c1COc1cccnc1C. The largest absolute Gasteiger partial charge is 0.493 e. The van der Waals surface area contributed by atoms with E-state index in [0.29, 0.717) is 29.4 Å². The molecule has 0 aliphatic heterocycles. The van der Waals surface area contributed by atoms with Crippen molar-refractivity contribution in [2.45, 2.75) is 20.5 Å². The van der Waals surface area contributed by atoms with E-state index in [1.54, 1.807) is 24.6 Å². The molecule has 0 fully saturated rings. The van der Waals surface area contributed by atoms with Gasteiger partial charge in [-0.3, -0.25) is 4.98 Å². The van der Waals surface area contributed by atoms with E-state index < -0.39 is 0 Å². The van der Waals surface area contributed by atoms with Gasteiger partial charge in [0.1, 0.15) is 18.1 Å². The molecule has 0 aliphatic carbocycles. The molecule has 1 aromatic carbocycles. The number of nitrogens with zero attached hydrogens (tertiary/aromatic N) is 2. The molecule has 0 bridgehead atoms. The Bertz CT molecular complexity index is 650. The fraction of sp³-hybridized carbons (Fsp3) is 0.250. The maximum Gasteiger partial charge on any atom is 0.292 e. The molecule has 21 heavy (non-hydrogen) atoms. The van der Waals surface area contributed by atoms with E-state index in [2.05, 4.69) is 4.98 Å². The molecule has 0 radical (unpaired) electrons. The molecule has 108 valence electrons. The van der Waals surface area contributed by atoms with Crippen molar-refractivity contribution < 1.29 is 14.2 Å². The normalized spacial score (nSPS) is 9.76. The number of nitriles is 1. The van der Waals surface area contributed by atoms with E-state index in [4.69, 9.17) is 19.5 Å². The molecule has 1 aromatic heterocycles. The number of aromatic nitrogens is 1. The molecule has 0 atom stereocenters. The summed E-state index contributed by atoms with van der Waals surface area (Å²) in [6, 6.07) is 8.96. The van der Waals surface area contributed by atoms with Gasteiger partial charge < -0.3 is 14.2 Å². The van der Waals surface area contributed by atoms with E-state index in [0.717, 1.165) is 5.69 Å². The second-order valence-corrected chi connectivity index (χ2v) is 4.23. The van der Waals surface area contributed by atoms with Crippen LogP contribution in [0.4, 0.5) is 0 Å². The van der Waals surface area contributed by atoms with Gasteiger partial charge >= 0.3 is 0 Å². The number of hydrogen-bond acceptors (Lipinski definition) is 5. The standard InChI is InChI=1S/C16H16N2O3/c1-3-19-15-6-4-7-16(21-11-17)13(15)10-20-14-8-5-9-18-12(14)2/h4-9H,3,10H2,1-2H3. The zero-order valence-electron chi connectivity index (χ0n) is 12.0. The highest BCUT2D eigenvalue weighted by Gasteiger charge is 2.13. The predicted octanol–water partition coefficient (Wildman–Crippen LogP) is 3.23. The van der Waals surface area contributed by atoms with Crippen LogP contribution in [0.25, 0.3) is 0 Å². The van der Waals surface area contributed by atoms with Gasteiger partial charge in [-0.05, 0) is 38.1 Å². The third-order valence-corrected chi connectivity index (χ3v) is 2.88. The highest BCUT2D eigenvalue weighted by Crippen LogP contribution is 2.30. The molecule has 0 aliphatic rings. The molecule has 0 spiro atoms. The number of rotatable bonds is 6.